The van der Waals surface area contributed by atoms with E-state index in [2.05, 4.69) is 5.10 Å². The lowest BCUT2D eigenvalue weighted by Gasteiger charge is -2.27. The van der Waals surface area contributed by atoms with Gasteiger partial charge >= 0.3 is 0 Å². The number of rotatable bonds is 6. The largest absolute Gasteiger partial charge is 0.325 e. The van der Waals surface area contributed by atoms with E-state index in [-0.39, 0.29) is 41.2 Å². The minimum absolute atomic E-state index is 0.0321. The van der Waals surface area contributed by atoms with Gasteiger partial charge in [-0.1, -0.05) is 18.2 Å². The fourth-order valence-electron chi connectivity index (χ4n) is 4.56. The summed E-state index contributed by atoms with van der Waals surface area (Å²) >= 11 is 1.58. The molecule has 2 fully saturated rings. The second kappa shape index (κ2) is 9.15. The Morgan fingerprint density at radius 2 is 2.06 bits per heavy atom. The van der Waals surface area contributed by atoms with E-state index in [1.54, 1.807) is 34.9 Å². The third-order valence-corrected chi connectivity index (χ3v) is 9.24. The first-order valence-electron chi connectivity index (χ1n) is 10.8. The summed E-state index contributed by atoms with van der Waals surface area (Å²) in [6.45, 7) is 5.23. The highest BCUT2D eigenvalue weighted by atomic mass is 32.2. The second-order valence-electron chi connectivity index (χ2n) is 8.65. The van der Waals surface area contributed by atoms with Crippen molar-refractivity contribution in [3.8, 4) is 0 Å². The monoisotopic (exact) mass is 480 g/mol. The van der Waals surface area contributed by atoms with Gasteiger partial charge in [-0.15, -0.1) is 11.8 Å². The molecule has 1 amide bonds. The summed E-state index contributed by atoms with van der Waals surface area (Å²) in [6, 6.07) is 6.51. The van der Waals surface area contributed by atoms with E-state index < -0.39 is 9.84 Å². The Hall–Kier alpha value is -1.91. The third kappa shape index (κ3) is 4.72. The van der Waals surface area contributed by atoms with Crippen LogP contribution >= 0.6 is 11.8 Å². The fourth-order valence-corrected chi connectivity index (χ4v) is 7.55. The first kappa shape index (κ1) is 23.3. The van der Waals surface area contributed by atoms with Crippen molar-refractivity contribution in [1.29, 1.82) is 0 Å². The number of likely N-dealkylation sites (N-methyl/N-ethyl adjacent to an activating group) is 1. The molecule has 32 heavy (non-hydrogen) atoms. The maximum atomic E-state index is 14.3. The van der Waals surface area contributed by atoms with Gasteiger partial charge in [-0.2, -0.15) is 5.10 Å². The van der Waals surface area contributed by atoms with Crippen LogP contribution in [0.25, 0.3) is 0 Å². The second-order valence-corrected chi connectivity index (χ2v) is 12.1. The van der Waals surface area contributed by atoms with Gasteiger partial charge in [-0.25, -0.2) is 12.8 Å². The number of aromatic nitrogens is 2. The highest BCUT2D eigenvalue weighted by Gasteiger charge is 2.34. The molecule has 1 aromatic carbocycles. The van der Waals surface area contributed by atoms with Crippen LogP contribution in [0.3, 0.4) is 0 Å². The highest BCUT2D eigenvalue weighted by molar-refractivity contribution is 7.99. The van der Waals surface area contributed by atoms with Crippen molar-refractivity contribution < 1.29 is 17.6 Å². The quantitative estimate of drug-likeness (QED) is 0.633. The van der Waals surface area contributed by atoms with E-state index >= 15 is 0 Å². The maximum absolute atomic E-state index is 14.3. The van der Waals surface area contributed by atoms with Crippen LogP contribution in [0.2, 0.25) is 0 Å². The lowest BCUT2D eigenvalue weighted by molar-refractivity contribution is -0.132. The molecule has 0 saturated carbocycles. The van der Waals surface area contributed by atoms with Crippen LogP contribution < -0.4 is 0 Å². The van der Waals surface area contributed by atoms with E-state index in [1.165, 1.54) is 6.07 Å². The number of aryl methyl sites for hydroxylation is 1. The van der Waals surface area contributed by atoms with E-state index in [0.29, 0.717) is 25.1 Å². The van der Waals surface area contributed by atoms with Crippen molar-refractivity contribution in [3.05, 3.63) is 52.6 Å². The lowest BCUT2D eigenvalue weighted by atomic mass is 10.1. The molecule has 1 aromatic heterocycles. The summed E-state index contributed by atoms with van der Waals surface area (Å²) in [4.78, 5) is 16.8. The molecule has 10 heteroatoms. The molecule has 0 N–H and O–H groups in total. The van der Waals surface area contributed by atoms with Crippen molar-refractivity contribution in [1.82, 2.24) is 19.6 Å². The van der Waals surface area contributed by atoms with Gasteiger partial charge in [-0.05, 0) is 33.4 Å². The molecule has 3 heterocycles. The van der Waals surface area contributed by atoms with Crippen LogP contribution in [-0.4, -0.2) is 71.3 Å². The Balaban J connectivity index is 1.43. The Labute approximate surface area is 192 Å². The normalized spacial score (nSPS) is 22.7. The van der Waals surface area contributed by atoms with Crippen molar-refractivity contribution in [2.45, 2.75) is 38.2 Å². The molecule has 4 rings (SSSR count). The zero-order valence-corrected chi connectivity index (χ0v) is 20.3. The van der Waals surface area contributed by atoms with Crippen molar-refractivity contribution in [2.75, 3.05) is 37.4 Å². The number of halogens is 1. The van der Waals surface area contributed by atoms with Crippen LogP contribution in [0.5, 0.6) is 0 Å². The fraction of sp³-hybridized carbons (Fsp3) is 0.545. The summed E-state index contributed by atoms with van der Waals surface area (Å²) in [7, 11) is -1.11. The van der Waals surface area contributed by atoms with Crippen molar-refractivity contribution >= 4 is 27.5 Å². The lowest BCUT2D eigenvalue weighted by Crippen LogP contribution is -2.38. The summed E-state index contributed by atoms with van der Waals surface area (Å²) in [6.07, 6.45) is 0.585. The van der Waals surface area contributed by atoms with Gasteiger partial charge in [0.2, 0.25) is 5.91 Å². The molecule has 0 aliphatic carbocycles. The molecule has 0 bridgehead atoms. The number of sulfone groups is 1. The van der Waals surface area contributed by atoms with Gasteiger partial charge in [0.1, 0.15) is 11.2 Å². The first-order valence-corrected chi connectivity index (χ1v) is 13.6. The van der Waals surface area contributed by atoms with Gasteiger partial charge in [0.15, 0.2) is 9.84 Å². The average molecular weight is 481 g/mol. The number of carbonyl (C=O) groups excluding carboxylic acids is 1. The highest BCUT2D eigenvalue weighted by Crippen LogP contribution is 2.39. The number of nitrogens with zero attached hydrogens (tertiary/aromatic N) is 4. The number of hydrogen-bond acceptors (Lipinski definition) is 6. The number of benzene rings is 1. The van der Waals surface area contributed by atoms with Crippen LogP contribution in [0.1, 0.15) is 40.4 Å². The van der Waals surface area contributed by atoms with Crippen molar-refractivity contribution in [3.63, 3.8) is 0 Å². The standard InChI is InChI=1S/C22H29FN4O3S2/c1-15-19(16(2)27(24-15)17-8-11-32(29,30)14-17)12-25(3)13-21(28)26-9-10-31-22(26)18-6-4-5-7-20(18)23/h4-7,17,22H,8-14H2,1-3H3/t17-,22+/m0/s1. The van der Waals surface area contributed by atoms with Gasteiger partial charge in [-0.3, -0.25) is 14.4 Å². The van der Waals surface area contributed by atoms with Crippen LogP contribution in [0.15, 0.2) is 24.3 Å². The smallest absolute Gasteiger partial charge is 0.237 e. The van der Waals surface area contributed by atoms with E-state index in [1.807, 2.05) is 30.5 Å². The molecular weight excluding hydrogens is 451 g/mol. The molecule has 2 saturated heterocycles. The zero-order chi connectivity index (χ0) is 23.0. The number of thioether (sulfide) groups is 1. The predicted molar refractivity (Wildman–Crippen MR) is 124 cm³/mol. The van der Waals surface area contributed by atoms with E-state index in [0.717, 1.165) is 22.7 Å². The molecule has 174 valence electrons. The van der Waals surface area contributed by atoms with Crippen LogP contribution in [-0.2, 0) is 21.2 Å². The number of amides is 1. The molecule has 0 unspecified atom stereocenters. The van der Waals surface area contributed by atoms with Gasteiger partial charge < -0.3 is 4.90 Å². The third-order valence-electron chi connectivity index (χ3n) is 6.24. The summed E-state index contributed by atoms with van der Waals surface area (Å²) in [5, 5.41) is 4.32. The summed E-state index contributed by atoms with van der Waals surface area (Å²) in [5.41, 5.74) is 3.37. The molecule has 2 aliphatic heterocycles. The van der Waals surface area contributed by atoms with E-state index in [4.69, 9.17) is 0 Å². The SMILES string of the molecule is Cc1nn([C@H]2CCS(=O)(=O)C2)c(C)c1CN(C)CC(=O)N1CCS[C@@H]1c1ccccc1F. The Morgan fingerprint density at radius 1 is 1.31 bits per heavy atom. The predicted octanol–water partition coefficient (Wildman–Crippen LogP) is 2.70. The molecule has 2 aliphatic rings. The molecule has 2 atom stereocenters. The minimum Gasteiger partial charge on any atom is -0.325 e. The van der Waals surface area contributed by atoms with Crippen LogP contribution in [0, 0.1) is 19.7 Å². The first-order chi connectivity index (χ1) is 15.2. The topological polar surface area (TPSA) is 75.5 Å². The van der Waals surface area contributed by atoms with Gasteiger partial charge in [0, 0.05) is 35.7 Å². The Bertz CT molecular complexity index is 1120. The molecule has 0 radical (unpaired) electrons. The Kier molecular flexibility index (Phi) is 6.65. The van der Waals surface area contributed by atoms with Crippen LogP contribution in [0.4, 0.5) is 4.39 Å². The summed E-state index contributed by atoms with van der Waals surface area (Å²) < 4.78 is 39.9. The number of hydrogen-bond donors (Lipinski definition) is 0. The summed E-state index contributed by atoms with van der Waals surface area (Å²) in [5.74, 6) is 0.800. The van der Waals surface area contributed by atoms with E-state index in [9.17, 15) is 17.6 Å². The Morgan fingerprint density at radius 3 is 2.75 bits per heavy atom. The zero-order valence-electron chi connectivity index (χ0n) is 18.6. The average Bonchev–Trinajstić information content (AvgIpc) is 3.42. The van der Waals surface area contributed by atoms with Gasteiger partial charge in [0.25, 0.3) is 0 Å². The van der Waals surface area contributed by atoms with Gasteiger partial charge in [0.05, 0.1) is 29.8 Å². The van der Waals surface area contributed by atoms with Crippen molar-refractivity contribution in [2.24, 2.45) is 0 Å². The molecule has 2 aromatic rings. The molecule has 0 spiro atoms. The minimum atomic E-state index is -2.99. The molecule has 7 nitrogen and oxygen atoms in total. The molecular formula is C22H29FN4O3S2. The maximum Gasteiger partial charge on any atom is 0.237 e. The number of carbonyl (C=O) groups is 1.